The van der Waals surface area contributed by atoms with Crippen molar-refractivity contribution in [2.45, 2.75) is 24.5 Å². The van der Waals surface area contributed by atoms with Crippen LogP contribution in [0.15, 0.2) is 146 Å². The van der Waals surface area contributed by atoms with Gasteiger partial charge in [0.1, 0.15) is 28.7 Å². The van der Waals surface area contributed by atoms with Crippen LogP contribution in [0.2, 0.25) is 0 Å². The third-order valence-electron chi connectivity index (χ3n) is 4.18. The number of hydrogen-bond donors (Lipinski definition) is 5. The van der Waals surface area contributed by atoms with E-state index in [0.29, 0.717) is 0 Å². The van der Waals surface area contributed by atoms with Crippen molar-refractivity contribution < 1.29 is 49.1 Å². The summed E-state index contributed by atoms with van der Waals surface area (Å²) in [5.41, 5.74) is 0. The first-order valence-corrected chi connectivity index (χ1v) is 13.3. The number of halogens is 5. The Morgan fingerprint density at radius 2 is 0.311 bits per heavy atom. The van der Waals surface area contributed by atoms with Crippen molar-refractivity contribution in [2.75, 3.05) is 0 Å². The minimum absolute atomic E-state index is 0. The summed E-state index contributed by atoms with van der Waals surface area (Å²) in [5, 5.41) is 43.6. The monoisotopic (exact) mass is 725 g/mol. The molecule has 0 saturated heterocycles. The molecule has 0 aromatic heterocycles. The summed E-state index contributed by atoms with van der Waals surface area (Å²) in [6, 6.07) is 32.6. The van der Waals surface area contributed by atoms with E-state index in [4.69, 9.17) is 88.7 Å². The van der Waals surface area contributed by atoms with E-state index < -0.39 is 0 Å². The Balaban J connectivity index is -0.000000144. The number of benzene rings is 5. The highest BCUT2D eigenvalue weighted by atomic mass is 32.1. The number of aromatic hydroxyl groups is 5. The number of hydrogen-bond acceptors (Lipinski definition) is 5. The van der Waals surface area contributed by atoms with Crippen LogP contribution in [0, 0.1) is 0 Å². The van der Waals surface area contributed by atoms with Gasteiger partial charge in [0.15, 0.2) is 0 Å². The molecule has 0 aliphatic heterocycles. The Morgan fingerprint density at radius 3 is 0.378 bits per heavy atom. The van der Waals surface area contributed by atoms with Gasteiger partial charge in [-0.15, -0.1) is 0 Å². The predicted octanol–water partition coefficient (Wildman–Crippen LogP) is 10.5. The maximum Gasteiger partial charge on any atom is 0.115 e. The third-order valence-corrected chi connectivity index (χ3v) is 5.54. The van der Waals surface area contributed by atoms with Crippen LogP contribution in [0.25, 0.3) is 0 Å². The summed E-state index contributed by atoms with van der Waals surface area (Å²) in [6.07, 6.45) is 0. The molecule has 45 heavy (non-hydrogen) atoms. The number of rotatable bonds is 0. The van der Waals surface area contributed by atoms with E-state index in [0.717, 1.165) is 24.5 Å². The minimum atomic E-state index is 0. The van der Waals surface area contributed by atoms with Gasteiger partial charge in [0, 0.05) is 24.5 Å². The summed E-state index contributed by atoms with van der Waals surface area (Å²) in [6.45, 7) is 0. The summed E-state index contributed by atoms with van der Waals surface area (Å²) in [7, 11) is 0. The zero-order valence-electron chi connectivity index (χ0n) is 22.9. The third kappa shape index (κ3) is 27.2. The second-order valence-electron chi connectivity index (χ2n) is 7.47. The summed E-state index contributed by atoms with van der Waals surface area (Å²) in [5.74, 6) is 1.31. The number of phenolic OH excluding ortho intramolecular Hbond substituents is 5. The van der Waals surface area contributed by atoms with Crippen LogP contribution in [0.1, 0.15) is 0 Å². The van der Waals surface area contributed by atoms with E-state index >= 15 is 0 Å². The van der Waals surface area contributed by atoms with E-state index in [-0.39, 0.29) is 52.3 Å². The largest absolute Gasteiger partial charge is 0.508 e. The highest BCUT2D eigenvalue weighted by Crippen LogP contribution is 2.14. The van der Waals surface area contributed by atoms with Crippen molar-refractivity contribution in [2.24, 2.45) is 0 Å². The standard InChI is InChI=1S/5C6H5OS.5FH/c5*7-5-1-3-6(8)4-2-5;;;;;/h5*1-4,7H;5*1H. The van der Waals surface area contributed by atoms with Crippen LogP contribution in [0.5, 0.6) is 28.7 Å². The molecule has 0 aliphatic rings. The van der Waals surface area contributed by atoms with Gasteiger partial charge in [-0.3, -0.25) is 23.5 Å². The van der Waals surface area contributed by atoms with Gasteiger partial charge in [0.2, 0.25) is 0 Å². The molecule has 0 unspecified atom stereocenters. The molecule has 245 valence electrons. The van der Waals surface area contributed by atoms with E-state index in [1.165, 1.54) is 0 Å². The zero-order valence-corrected chi connectivity index (χ0v) is 26.9. The van der Waals surface area contributed by atoms with Gasteiger partial charge in [0.25, 0.3) is 0 Å². The molecular weight excluding hydrogens is 696 g/mol. The molecule has 5 N–H and O–H groups in total. The molecule has 5 rings (SSSR count). The molecule has 5 aromatic carbocycles. The molecular formula is C30H30F5O5S5. The molecule has 15 heteroatoms. The fourth-order valence-electron chi connectivity index (χ4n) is 2.23. The van der Waals surface area contributed by atoms with Gasteiger partial charge < -0.3 is 25.5 Å². The maximum absolute atomic E-state index is 8.71. The van der Waals surface area contributed by atoms with Crippen LogP contribution < -0.4 is 0 Å². The second-order valence-corrected chi connectivity index (χ2v) is 9.83. The first-order valence-electron chi connectivity index (χ1n) is 11.2. The first kappa shape index (κ1) is 50.5. The van der Waals surface area contributed by atoms with Gasteiger partial charge in [-0.25, -0.2) is 0 Å². The topological polar surface area (TPSA) is 101 Å². The minimum Gasteiger partial charge on any atom is -0.508 e. The summed E-state index contributed by atoms with van der Waals surface area (Å²) < 4.78 is 0. The molecule has 0 heterocycles. The lowest BCUT2D eigenvalue weighted by Crippen LogP contribution is -1.62. The Labute approximate surface area is 285 Å². The lowest BCUT2D eigenvalue weighted by molar-refractivity contribution is 0.474. The zero-order chi connectivity index (χ0) is 29.9. The van der Waals surface area contributed by atoms with Crippen molar-refractivity contribution in [1.82, 2.24) is 0 Å². The molecule has 0 fully saturated rings. The summed E-state index contributed by atoms with van der Waals surface area (Å²) in [4.78, 5) is 3.76. The lowest BCUT2D eigenvalue weighted by atomic mass is 10.3. The highest BCUT2D eigenvalue weighted by Gasteiger charge is 1.86. The van der Waals surface area contributed by atoms with Gasteiger partial charge in [-0.05, 0) is 121 Å². The summed E-state index contributed by atoms with van der Waals surface area (Å²) >= 11 is 23.8. The van der Waals surface area contributed by atoms with E-state index in [1.807, 2.05) is 0 Å². The van der Waals surface area contributed by atoms with Crippen LogP contribution in [-0.2, 0) is 0 Å². The number of phenols is 5. The highest BCUT2D eigenvalue weighted by molar-refractivity contribution is 7.81. The fourth-order valence-corrected chi connectivity index (χ4v) is 2.91. The van der Waals surface area contributed by atoms with Crippen molar-refractivity contribution >= 4 is 63.1 Å². The SMILES string of the molecule is F.F.F.F.F.Oc1ccc([S])cc1.Oc1ccc([S])cc1.Oc1ccc([S])cc1.Oc1ccc([S])cc1.Oc1ccc([S])cc1. The van der Waals surface area contributed by atoms with Gasteiger partial charge >= 0.3 is 0 Å². The Bertz CT molecular complexity index is 1010. The van der Waals surface area contributed by atoms with Gasteiger partial charge in [-0.2, -0.15) is 0 Å². The Kier molecular flexibility index (Phi) is 32.1. The fraction of sp³-hybridized carbons (Fsp3) is 0. The molecule has 0 bridgehead atoms. The van der Waals surface area contributed by atoms with Crippen LogP contribution in [-0.4, -0.2) is 25.5 Å². The van der Waals surface area contributed by atoms with Gasteiger partial charge in [0.05, 0.1) is 0 Å². The molecule has 0 amide bonds. The van der Waals surface area contributed by atoms with Gasteiger partial charge in [-0.1, -0.05) is 63.1 Å². The van der Waals surface area contributed by atoms with Crippen LogP contribution in [0.4, 0.5) is 23.5 Å². The molecule has 0 atom stereocenters. The molecule has 5 nitrogen and oxygen atoms in total. The lowest BCUT2D eigenvalue weighted by Gasteiger charge is -1.87. The second kappa shape index (κ2) is 28.6. The van der Waals surface area contributed by atoms with E-state index in [9.17, 15) is 0 Å². The maximum atomic E-state index is 8.71. The average Bonchev–Trinajstić information content (AvgIpc) is 2.94. The average molecular weight is 726 g/mol. The quantitative estimate of drug-likeness (QED) is 0.102. The smallest absolute Gasteiger partial charge is 0.115 e. The molecule has 5 radical (unpaired) electrons. The van der Waals surface area contributed by atoms with Crippen molar-refractivity contribution in [3.8, 4) is 28.7 Å². The molecule has 0 saturated carbocycles. The van der Waals surface area contributed by atoms with Crippen molar-refractivity contribution in [3.63, 3.8) is 0 Å². The van der Waals surface area contributed by atoms with Crippen LogP contribution >= 0.6 is 63.1 Å². The Hall–Kier alpha value is -4.15. The van der Waals surface area contributed by atoms with Crippen molar-refractivity contribution in [1.29, 1.82) is 0 Å². The predicted molar refractivity (Wildman–Crippen MR) is 182 cm³/mol. The molecule has 0 aliphatic carbocycles. The van der Waals surface area contributed by atoms with E-state index in [1.54, 1.807) is 121 Å². The van der Waals surface area contributed by atoms with Crippen LogP contribution in [0.3, 0.4) is 0 Å². The van der Waals surface area contributed by atoms with Crippen molar-refractivity contribution in [3.05, 3.63) is 121 Å². The Morgan fingerprint density at radius 1 is 0.222 bits per heavy atom. The normalized spacial score (nSPS) is 8.00. The first-order chi connectivity index (χ1) is 18.9. The molecule has 0 spiro atoms. The molecule has 5 aromatic rings. The van der Waals surface area contributed by atoms with E-state index in [2.05, 4.69) is 0 Å².